The molecule has 0 amide bonds. The highest BCUT2D eigenvalue weighted by Gasteiger charge is 2.20. The molecule has 0 aromatic rings. The highest BCUT2D eigenvalue weighted by molar-refractivity contribution is 4.81. The predicted octanol–water partition coefficient (Wildman–Crippen LogP) is -0.373. The molecule has 1 saturated heterocycles. The molecule has 3 nitrogen and oxygen atoms in total. The highest BCUT2D eigenvalue weighted by Crippen LogP contribution is 2.04. The van der Waals surface area contributed by atoms with Crippen LogP contribution in [0.15, 0.2) is 0 Å². The molecule has 1 rings (SSSR count). The number of rotatable bonds is 2. The minimum Gasteiger partial charge on any atom is -0.329 e. The van der Waals surface area contributed by atoms with Gasteiger partial charge in [-0.3, -0.25) is 4.90 Å². The highest BCUT2D eigenvalue weighted by atomic mass is 15.2. The zero-order valence-electron chi connectivity index (χ0n) is 7.51. The molecule has 0 spiro atoms. The lowest BCUT2D eigenvalue weighted by molar-refractivity contribution is 0.151. The molecular weight excluding hydrogens is 138 g/mol. The van der Waals surface area contributed by atoms with Gasteiger partial charge in [0, 0.05) is 38.3 Å². The molecule has 3 heteroatoms. The maximum Gasteiger partial charge on any atom is 0.0193 e. The monoisotopic (exact) mass is 157 g/mol. The molecule has 1 aliphatic heterocycles. The van der Waals surface area contributed by atoms with Gasteiger partial charge in [-0.05, 0) is 13.8 Å². The Morgan fingerprint density at radius 1 is 1.55 bits per heavy atom. The van der Waals surface area contributed by atoms with Crippen molar-refractivity contribution in [3.63, 3.8) is 0 Å². The van der Waals surface area contributed by atoms with Gasteiger partial charge in [0.25, 0.3) is 0 Å². The lowest BCUT2D eigenvalue weighted by Crippen LogP contribution is -2.55. The normalized spacial score (nSPS) is 34.1. The van der Waals surface area contributed by atoms with Gasteiger partial charge in [-0.2, -0.15) is 0 Å². The third-order valence-corrected chi connectivity index (χ3v) is 2.31. The van der Waals surface area contributed by atoms with Gasteiger partial charge in [-0.1, -0.05) is 0 Å². The number of nitrogens with two attached hydrogens (primary N) is 1. The first-order chi connectivity index (χ1) is 5.24. The average Bonchev–Trinajstić information content (AvgIpc) is 1.98. The number of hydrogen-bond acceptors (Lipinski definition) is 3. The predicted molar refractivity (Wildman–Crippen MR) is 47.6 cm³/mol. The summed E-state index contributed by atoms with van der Waals surface area (Å²) in [5, 5.41) is 3.44. The number of nitrogens with one attached hydrogen (secondary N) is 1. The van der Waals surface area contributed by atoms with Crippen LogP contribution in [-0.4, -0.2) is 43.2 Å². The molecule has 0 aromatic heterocycles. The Morgan fingerprint density at radius 3 is 2.91 bits per heavy atom. The van der Waals surface area contributed by atoms with Gasteiger partial charge in [0.05, 0.1) is 0 Å². The second kappa shape index (κ2) is 4.04. The molecule has 2 atom stereocenters. The molecule has 0 aliphatic carbocycles. The van der Waals surface area contributed by atoms with E-state index in [0.29, 0.717) is 12.1 Å². The molecule has 66 valence electrons. The Hall–Kier alpha value is -0.120. The van der Waals surface area contributed by atoms with Crippen molar-refractivity contribution in [2.24, 2.45) is 5.73 Å². The fraction of sp³-hybridized carbons (Fsp3) is 1.00. The molecule has 0 aromatic carbocycles. The smallest absolute Gasteiger partial charge is 0.0193 e. The summed E-state index contributed by atoms with van der Waals surface area (Å²) >= 11 is 0. The van der Waals surface area contributed by atoms with E-state index >= 15 is 0 Å². The zero-order valence-corrected chi connectivity index (χ0v) is 7.51. The average molecular weight is 157 g/mol. The molecule has 1 fully saturated rings. The molecule has 2 unspecified atom stereocenters. The van der Waals surface area contributed by atoms with Crippen molar-refractivity contribution < 1.29 is 0 Å². The maximum absolute atomic E-state index is 5.50. The molecule has 0 saturated carbocycles. The summed E-state index contributed by atoms with van der Waals surface area (Å²) in [4.78, 5) is 2.45. The lowest BCUT2D eigenvalue weighted by atomic mass is 10.1. The van der Waals surface area contributed by atoms with Crippen LogP contribution in [0.1, 0.15) is 13.8 Å². The molecule has 0 radical (unpaired) electrons. The van der Waals surface area contributed by atoms with Crippen LogP contribution in [0.2, 0.25) is 0 Å². The lowest BCUT2D eigenvalue weighted by Gasteiger charge is -2.37. The quantitative estimate of drug-likeness (QED) is 0.574. The fourth-order valence-corrected chi connectivity index (χ4v) is 1.57. The molecule has 1 aliphatic rings. The molecule has 1 heterocycles. The van der Waals surface area contributed by atoms with Gasteiger partial charge in [-0.25, -0.2) is 0 Å². The van der Waals surface area contributed by atoms with Crippen LogP contribution in [0.25, 0.3) is 0 Å². The summed E-state index contributed by atoms with van der Waals surface area (Å²) in [5.41, 5.74) is 5.50. The van der Waals surface area contributed by atoms with Crippen LogP contribution in [-0.2, 0) is 0 Å². The van der Waals surface area contributed by atoms with Crippen LogP contribution < -0.4 is 11.1 Å². The van der Waals surface area contributed by atoms with Crippen LogP contribution >= 0.6 is 0 Å². The third kappa shape index (κ3) is 2.43. The Bertz CT molecular complexity index is 116. The van der Waals surface area contributed by atoms with Crippen molar-refractivity contribution >= 4 is 0 Å². The van der Waals surface area contributed by atoms with Gasteiger partial charge >= 0.3 is 0 Å². The van der Waals surface area contributed by atoms with Crippen LogP contribution in [0.3, 0.4) is 0 Å². The first-order valence-corrected chi connectivity index (χ1v) is 4.41. The minimum absolute atomic E-state index is 0.623. The van der Waals surface area contributed by atoms with E-state index in [1.165, 1.54) is 0 Å². The van der Waals surface area contributed by atoms with Crippen LogP contribution in [0.5, 0.6) is 0 Å². The van der Waals surface area contributed by atoms with Crippen molar-refractivity contribution in [2.45, 2.75) is 25.9 Å². The van der Waals surface area contributed by atoms with E-state index in [1.54, 1.807) is 0 Å². The zero-order chi connectivity index (χ0) is 8.27. The second-order valence-corrected chi connectivity index (χ2v) is 3.44. The van der Waals surface area contributed by atoms with Gasteiger partial charge in [-0.15, -0.1) is 0 Å². The molecule has 11 heavy (non-hydrogen) atoms. The molecular formula is C8H19N3. The van der Waals surface area contributed by atoms with E-state index in [2.05, 4.69) is 24.1 Å². The van der Waals surface area contributed by atoms with Crippen molar-refractivity contribution in [1.82, 2.24) is 10.2 Å². The Kier molecular flexibility index (Phi) is 3.30. The molecule has 3 N–H and O–H groups in total. The largest absolute Gasteiger partial charge is 0.329 e. The van der Waals surface area contributed by atoms with Gasteiger partial charge in [0.2, 0.25) is 0 Å². The van der Waals surface area contributed by atoms with Crippen LogP contribution in [0.4, 0.5) is 0 Å². The SMILES string of the molecule is CC1CN(CCN)C(C)CN1. The first-order valence-electron chi connectivity index (χ1n) is 4.41. The van der Waals surface area contributed by atoms with Crippen molar-refractivity contribution in [1.29, 1.82) is 0 Å². The first kappa shape index (κ1) is 8.97. The number of hydrogen-bond donors (Lipinski definition) is 2. The minimum atomic E-state index is 0.623. The fourth-order valence-electron chi connectivity index (χ4n) is 1.57. The van der Waals surface area contributed by atoms with Crippen molar-refractivity contribution in [3.8, 4) is 0 Å². The summed E-state index contributed by atoms with van der Waals surface area (Å²) < 4.78 is 0. The number of piperazine rings is 1. The summed E-state index contributed by atoms with van der Waals surface area (Å²) in [6.07, 6.45) is 0. The Labute approximate surface area is 68.9 Å². The summed E-state index contributed by atoms with van der Waals surface area (Å²) in [6, 6.07) is 1.27. The third-order valence-electron chi connectivity index (χ3n) is 2.31. The van der Waals surface area contributed by atoms with E-state index in [0.717, 1.165) is 26.2 Å². The topological polar surface area (TPSA) is 41.3 Å². The maximum atomic E-state index is 5.50. The van der Waals surface area contributed by atoms with Gasteiger partial charge in [0.15, 0.2) is 0 Å². The van der Waals surface area contributed by atoms with Crippen LogP contribution in [0, 0.1) is 0 Å². The molecule has 0 bridgehead atoms. The van der Waals surface area contributed by atoms with E-state index < -0.39 is 0 Å². The van der Waals surface area contributed by atoms with E-state index in [1.807, 2.05) is 0 Å². The van der Waals surface area contributed by atoms with E-state index in [4.69, 9.17) is 5.73 Å². The standard InChI is InChI=1S/C8H19N3/c1-7-6-11(4-3-9)8(2)5-10-7/h7-8,10H,3-6,9H2,1-2H3. The van der Waals surface area contributed by atoms with E-state index in [-0.39, 0.29) is 0 Å². The number of nitrogens with zero attached hydrogens (tertiary/aromatic N) is 1. The Morgan fingerprint density at radius 2 is 2.27 bits per heavy atom. The summed E-state index contributed by atoms with van der Waals surface area (Å²) in [6.45, 7) is 8.51. The summed E-state index contributed by atoms with van der Waals surface area (Å²) in [5.74, 6) is 0. The van der Waals surface area contributed by atoms with Crippen molar-refractivity contribution in [2.75, 3.05) is 26.2 Å². The van der Waals surface area contributed by atoms with Gasteiger partial charge < -0.3 is 11.1 Å². The summed E-state index contributed by atoms with van der Waals surface area (Å²) in [7, 11) is 0. The Balaban J connectivity index is 2.34. The van der Waals surface area contributed by atoms with Gasteiger partial charge in [0.1, 0.15) is 0 Å². The van der Waals surface area contributed by atoms with Crippen molar-refractivity contribution in [3.05, 3.63) is 0 Å². The van der Waals surface area contributed by atoms with E-state index in [9.17, 15) is 0 Å². The second-order valence-electron chi connectivity index (χ2n) is 3.44.